The van der Waals surface area contributed by atoms with Crippen molar-refractivity contribution in [3.8, 4) is 0 Å². The quantitative estimate of drug-likeness (QED) is 0.516. The van der Waals surface area contributed by atoms with E-state index in [4.69, 9.17) is 11.6 Å². The Labute approximate surface area is 149 Å². The van der Waals surface area contributed by atoms with E-state index in [-0.39, 0.29) is 22.7 Å². The Hall–Kier alpha value is -2.57. The van der Waals surface area contributed by atoms with E-state index in [0.717, 1.165) is 5.56 Å². The van der Waals surface area contributed by atoms with Crippen LogP contribution in [0.2, 0.25) is 5.02 Å². The van der Waals surface area contributed by atoms with Crippen molar-refractivity contribution in [2.24, 2.45) is 0 Å². The maximum absolute atomic E-state index is 12.6. The van der Waals surface area contributed by atoms with Gasteiger partial charge in [0.15, 0.2) is 5.78 Å². The molecule has 6 nitrogen and oxygen atoms in total. The number of hydrogen-bond donors (Lipinski definition) is 1. The molecule has 0 saturated carbocycles. The third kappa shape index (κ3) is 3.31. The molecule has 128 valence electrons. The van der Waals surface area contributed by atoms with Crippen LogP contribution in [0.4, 0.5) is 0 Å². The van der Waals surface area contributed by atoms with E-state index in [2.05, 4.69) is 4.98 Å². The molecule has 1 aliphatic rings. The van der Waals surface area contributed by atoms with E-state index in [1.807, 2.05) is 0 Å². The van der Waals surface area contributed by atoms with Crippen LogP contribution in [0.15, 0.2) is 36.4 Å². The number of rotatable bonds is 4. The second-order valence-corrected chi connectivity index (χ2v) is 6.30. The van der Waals surface area contributed by atoms with Gasteiger partial charge in [0.05, 0.1) is 11.3 Å². The third-order valence-corrected chi connectivity index (χ3v) is 4.36. The number of pyridine rings is 1. The van der Waals surface area contributed by atoms with Crippen molar-refractivity contribution < 1.29 is 19.6 Å². The van der Waals surface area contributed by atoms with Crippen LogP contribution in [-0.2, 0) is 16.0 Å². The molecule has 1 aliphatic heterocycles. The topological polar surface area (TPSA) is 87.6 Å². The fraction of sp³-hybridized carbons (Fsp3) is 0.222. The molecule has 1 aromatic carbocycles. The van der Waals surface area contributed by atoms with Crippen LogP contribution in [0, 0.1) is 6.92 Å². The predicted octanol–water partition coefficient (Wildman–Crippen LogP) is 2.70. The molecule has 2 amide bonds. The SMILES string of the molecule is Cc1ccc2c(n1)C(C(=O)CCc1ccc(Cl)cc1)C(=O)N(O)C2=O. The Morgan fingerprint density at radius 3 is 2.56 bits per heavy atom. The lowest BCUT2D eigenvalue weighted by atomic mass is 9.88. The van der Waals surface area contributed by atoms with Crippen LogP contribution in [0.3, 0.4) is 0 Å². The first kappa shape index (κ1) is 17.3. The van der Waals surface area contributed by atoms with Crippen LogP contribution in [0.25, 0.3) is 0 Å². The van der Waals surface area contributed by atoms with Gasteiger partial charge in [-0.3, -0.25) is 24.6 Å². The molecular formula is C18H15ClN2O4. The summed E-state index contributed by atoms with van der Waals surface area (Å²) in [5.74, 6) is -3.50. The van der Waals surface area contributed by atoms with Gasteiger partial charge in [-0.15, -0.1) is 0 Å². The van der Waals surface area contributed by atoms with Crippen molar-refractivity contribution in [3.05, 3.63) is 63.9 Å². The normalized spacial score (nSPS) is 16.8. The zero-order valence-corrected chi connectivity index (χ0v) is 14.2. The lowest BCUT2D eigenvalue weighted by Gasteiger charge is -2.26. The summed E-state index contributed by atoms with van der Waals surface area (Å²) in [5.41, 5.74) is 1.66. The van der Waals surface area contributed by atoms with Crippen LogP contribution in [0.1, 0.15) is 39.6 Å². The van der Waals surface area contributed by atoms with Crippen molar-refractivity contribution in [3.63, 3.8) is 0 Å². The molecule has 2 heterocycles. The van der Waals surface area contributed by atoms with Crippen molar-refractivity contribution in [1.82, 2.24) is 10.0 Å². The summed E-state index contributed by atoms with van der Waals surface area (Å²) in [5, 5.41) is 10.3. The monoisotopic (exact) mass is 358 g/mol. The summed E-state index contributed by atoms with van der Waals surface area (Å²) in [4.78, 5) is 41.1. The third-order valence-electron chi connectivity index (χ3n) is 4.11. The van der Waals surface area contributed by atoms with Gasteiger partial charge < -0.3 is 0 Å². The van der Waals surface area contributed by atoms with E-state index in [1.54, 1.807) is 37.3 Å². The largest absolute Gasteiger partial charge is 0.298 e. The number of imide groups is 1. The maximum Gasteiger partial charge on any atom is 0.286 e. The summed E-state index contributed by atoms with van der Waals surface area (Å²) >= 11 is 5.83. The van der Waals surface area contributed by atoms with E-state index >= 15 is 0 Å². The molecule has 0 spiro atoms. The number of ketones is 1. The number of Topliss-reactive ketones (excluding diaryl/α,β-unsaturated/α-hetero) is 1. The average Bonchev–Trinajstić information content (AvgIpc) is 2.59. The Morgan fingerprint density at radius 2 is 1.88 bits per heavy atom. The molecule has 0 fully saturated rings. The van der Waals surface area contributed by atoms with Gasteiger partial charge >= 0.3 is 0 Å². The molecular weight excluding hydrogens is 344 g/mol. The van der Waals surface area contributed by atoms with Gasteiger partial charge in [0, 0.05) is 17.1 Å². The number of halogens is 1. The average molecular weight is 359 g/mol. The molecule has 1 aromatic heterocycles. The van der Waals surface area contributed by atoms with Crippen LogP contribution < -0.4 is 0 Å². The van der Waals surface area contributed by atoms with Gasteiger partial charge in [0.1, 0.15) is 5.92 Å². The lowest BCUT2D eigenvalue weighted by Crippen LogP contribution is -2.45. The highest BCUT2D eigenvalue weighted by molar-refractivity contribution is 6.30. The highest BCUT2D eigenvalue weighted by atomic mass is 35.5. The van der Waals surface area contributed by atoms with Gasteiger partial charge in [0.25, 0.3) is 11.8 Å². The van der Waals surface area contributed by atoms with Gasteiger partial charge in [-0.1, -0.05) is 23.7 Å². The number of aromatic nitrogens is 1. The van der Waals surface area contributed by atoms with E-state index in [0.29, 0.717) is 17.1 Å². The maximum atomic E-state index is 12.6. The van der Waals surface area contributed by atoms with Crippen molar-refractivity contribution in [2.75, 3.05) is 0 Å². The molecule has 0 saturated heterocycles. The predicted molar refractivity (Wildman–Crippen MR) is 89.5 cm³/mol. The first-order valence-corrected chi connectivity index (χ1v) is 8.08. The minimum absolute atomic E-state index is 0.00417. The Morgan fingerprint density at radius 1 is 1.20 bits per heavy atom. The lowest BCUT2D eigenvalue weighted by molar-refractivity contribution is -0.158. The Bertz CT molecular complexity index is 864. The van der Waals surface area contributed by atoms with Crippen molar-refractivity contribution in [2.45, 2.75) is 25.7 Å². The van der Waals surface area contributed by atoms with Crippen LogP contribution in [0.5, 0.6) is 0 Å². The van der Waals surface area contributed by atoms with Gasteiger partial charge in [-0.25, -0.2) is 0 Å². The number of amides is 2. The molecule has 25 heavy (non-hydrogen) atoms. The fourth-order valence-corrected chi connectivity index (χ4v) is 2.91. The second kappa shape index (κ2) is 6.74. The molecule has 0 bridgehead atoms. The van der Waals surface area contributed by atoms with E-state index < -0.39 is 23.5 Å². The summed E-state index contributed by atoms with van der Waals surface area (Å²) < 4.78 is 0. The number of nitrogens with zero attached hydrogens (tertiary/aromatic N) is 2. The molecule has 1 atom stereocenters. The minimum atomic E-state index is -1.27. The highest BCUT2D eigenvalue weighted by Gasteiger charge is 2.43. The van der Waals surface area contributed by atoms with Gasteiger partial charge in [-0.2, -0.15) is 5.06 Å². The van der Waals surface area contributed by atoms with Crippen LogP contribution in [-0.4, -0.2) is 32.9 Å². The number of carbonyl (C=O) groups is 3. The molecule has 3 rings (SSSR count). The zero-order valence-electron chi connectivity index (χ0n) is 13.4. The molecule has 0 radical (unpaired) electrons. The van der Waals surface area contributed by atoms with Gasteiger partial charge in [-0.05, 0) is 43.2 Å². The van der Waals surface area contributed by atoms with E-state index in [1.165, 1.54) is 6.07 Å². The van der Waals surface area contributed by atoms with Crippen molar-refractivity contribution in [1.29, 1.82) is 0 Å². The number of carbonyl (C=O) groups excluding carboxylic acids is 3. The Kier molecular flexibility index (Phi) is 4.65. The van der Waals surface area contributed by atoms with E-state index in [9.17, 15) is 19.6 Å². The fourth-order valence-electron chi connectivity index (χ4n) is 2.78. The van der Waals surface area contributed by atoms with Crippen LogP contribution >= 0.6 is 11.6 Å². The van der Waals surface area contributed by atoms with Gasteiger partial charge in [0.2, 0.25) is 0 Å². The van der Waals surface area contributed by atoms with Crippen molar-refractivity contribution >= 4 is 29.2 Å². The molecule has 7 heteroatoms. The highest BCUT2D eigenvalue weighted by Crippen LogP contribution is 2.29. The smallest absolute Gasteiger partial charge is 0.286 e. The first-order valence-electron chi connectivity index (χ1n) is 7.70. The number of hydroxylamine groups is 2. The summed E-state index contributed by atoms with van der Waals surface area (Å²) in [7, 11) is 0. The minimum Gasteiger partial charge on any atom is -0.298 e. The standard InChI is InChI=1S/C18H15ClN2O4/c1-10-2-8-13-16(20-10)15(18(24)21(25)17(13)23)14(22)9-5-11-3-6-12(19)7-4-11/h2-4,6-8,15,25H,5,9H2,1H3. The number of fused-ring (bicyclic) bond motifs is 1. The Balaban J connectivity index is 1.87. The number of aryl methyl sites for hydroxylation is 2. The number of hydrogen-bond acceptors (Lipinski definition) is 5. The first-order chi connectivity index (χ1) is 11.9. The molecule has 1 unspecified atom stereocenters. The molecule has 0 aliphatic carbocycles. The second-order valence-electron chi connectivity index (χ2n) is 5.87. The molecule has 2 aromatic rings. The number of benzene rings is 1. The summed E-state index contributed by atoms with van der Waals surface area (Å²) in [6, 6.07) is 10.1. The summed E-state index contributed by atoms with van der Waals surface area (Å²) in [6.45, 7) is 1.70. The molecule has 1 N–H and O–H groups in total. The zero-order chi connectivity index (χ0) is 18.1. The summed E-state index contributed by atoms with van der Waals surface area (Å²) in [6.07, 6.45) is 0.495.